The molecule has 0 saturated carbocycles. The van der Waals surface area contributed by atoms with E-state index < -0.39 is 0 Å². The topological polar surface area (TPSA) is 37.8 Å². The van der Waals surface area contributed by atoms with Crippen molar-refractivity contribution in [1.82, 2.24) is 15.5 Å². The standard InChI is InChI=1S/C12H17N3S2/c1-4-9-5-6-10(16-9)12-15-14-11(17-12)7-13-8(2)3/h5-6,8,13H,4,7H2,1-3H3. The van der Waals surface area contributed by atoms with Gasteiger partial charge in [-0.15, -0.1) is 21.5 Å². The molecule has 1 N–H and O–H groups in total. The number of hydrogen-bond acceptors (Lipinski definition) is 5. The third-order valence-corrected chi connectivity index (χ3v) is 4.67. The highest BCUT2D eigenvalue weighted by Gasteiger charge is 2.09. The molecule has 0 amide bonds. The summed E-state index contributed by atoms with van der Waals surface area (Å²) in [5.74, 6) is 0. The van der Waals surface area contributed by atoms with E-state index in [4.69, 9.17) is 0 Å². The zero-order chi connectivity index (χ0) is 12.3. The molecule has 0 aliphatic rings. The van der Waals surface area contributed by atoms with Crippen molar-refractivity contribution in [3.05, 3.63) is 22.0 Å². The van der Waals surface area contributed by atoms with Crippen molar-refractivity contribution in [2.75, 3.05) is 0 Å². The first-order valence-corrected chi connectivity index (χ1v) is 7.47. The van der Waals surface area contributed by atoms with Gasteiger partial charge in [0.2, 0.25) is 0 Å². The second-order valence-electron chi connectivity index (χ2n) is 4.16. The summed E-state index contributed by atoms with van der Waals surface area (Å²) in [4.78, 5) is 2.63. The molecular formula is C12H17N3S2. The molecular weight excluding hydrogens is 250 g/mol. The minimum Gasteiger partial charge on any atom is -0.308 e. The fraction of sp³-hybridized carbons (Fsp3) is 0.500. The summed E-state index contributed by atoms with van der Waals surface area (Å²) < 4.78 is 0. The van der Waals surface area contributed by atoms with Gasteiger partial charge in [0.1, 0.15) is 5.01 Å². The van der Waals surface area contributed by atoms with Crippen LogP contribution in [0.4, 0.5) is 0 Å². The molecule has 2 heterocycles. The lowest BCUT2D eigenvalue weighted by Gasteiger charge is -2.03. The van der Waals surface area contributed by atoms with Crippen LogP contribution in [0.2, 0.25) is 0 Å². The number of rotatable bonds is 5. The smallest absolute Gasteiger partial charge is 0.157 e. The number of nitrogens with zero attached hydrogens (tertiary/aromatic N) is 2. The van der Waals surface area contributed by atoms with Crippen molar-refractivity contribution in [1.29, 1.82) is 0 Å². The molecule has 0 radical (unpaired) electrons. The normalized spacial score (nSPS) is 11.3. The first-order chi connectivity index (χ1) is 8.19. The lowest BCUT2D eigenvalue weighted by atomic mass is 10.4. The summed E-state index contributed by atoms with van der Waals surface area (Å²) in [6.45, 7) is 7.25. The Kier molecular flexibility index (Phi) is 4.25. The van der Waals surface area contributed by atoms with E-state index in [9.17, 15) is 0 Å². The zero-order valence-corrected chi connectivity index (χ0v) is 12.0. The van der Waals surface area contributed by atoms with E-state index >= 15 is 0 Å². The van der Waals surface area contributed by atoms with E-state index in [1.807, 2.05) is 11.3 Å². The second kappa shape index (κ2) is 5.71. The maximum absolute atomic E-state index is 4.25. The molecule has 0 aliphatic carbocycles. The van der Waals surface area contributed by atoms with Crippen LogP contribution in [0.1, 0.15) is 30.7 Å². The van der Waals surface area contributed by atoms with Crippen LogP contribution >= 0.6 is 22.7 Å². The Morgan fingerprint density at radius 3 is 2.71 bits per heavy atom. The Morgan fingerprint density at radius 1 is 1.24 bits per heavy atom. The molecule has 0 spiro atoms. The Bertz CT molecular complexity index is 474. The maximum atomic E-state index is 4.25. The number of thiophene rings is 1. The van der Waals surface area contributed by atoms with Gasteiger partial charge in [0.15, 0.2) is 5.01 Å². The van der Waals surface area contributed by atoms with E-state index in [2.05, 4.69) is 48.4 Å². The number of aromatic nitrogens is 2. The van der Waals surface area contributed by atoms with E-state index in [1.165, 1.54) is 9.75 Å². The van der Waals surface area contributed by atoms with Gasteiger partial charge in [-0.1, -0.05) is 32.1 Å². The van der Waals surface area contributed by atoms with Gasteiger partial charge >= 0.3 is 0 Å². The van der Waals surface area contributed by atoms with Crippen LogP contribution in [0.5, 0.6) is 0 Å². The fourth-order valence-electron chi connectivity index (χ4n) is 1.40. The highest BCUT2D eigenvalue weighted by molar-refractivity contribution is 7.21. The fourth-order valence-corrected chi connectivity index (χ4v) is 3.19. The Balaban J connectivity index is 2.07. The Labute approximate surface area is 110 Å². The zero-order valence-electron chi connectivity index (χ0n) is 10.4. The van der Waals surface area contributed by atoms with E-state index in [1.54, 1.807) is 11.3 Å². The van der Waals surface area contributed by atoms with Crippen LogP contribution in [0.3, 0.4) is 0 Å². The minimum absolute atomic E-state index is 0.482. The summed E-state index contributed by atoms with van der Waals surface area (Å²) in [5, 5.41) is 13.9. The van der Waals surface area contributed by atoms with Crippen molar-refractivity contribution < 1.29 is 0 Å². The lowest BCUT2D eigenvalue weighted by Crippen LogP contribution is -2.21. The van der Waals surface area contributed by atoms with Crippen molar-refractivity contribution in [3.63, 3.8) is 0 Å². The molecule has 0 aromatic carbocycles. The van der Waals surface area contributed by atoms with Crippen molar-refractivity contribution in [3.8, 4) is 9.88 Å². The monoisotopic (exact) mass is 267 g/mol. The summed E-state index contributed by atoms with van der Waals surface area (Å²) in [6, 6.07) is 4.80. The van der Waals surface area contributed by atoms with Gasteiger partial charge in [-0.2, -0.15) is 0 Å². The summed E-state index contributed by atoms with van der Waals surface area (Å²) >= 11 is 3.49. The number of hydrogen-bond donors (Lipinski definition) is 1. The van der Waals surface area contributed by atoms with Crippen molar-refractivity contribution in [2.45, 2.75) is 39.8 Å². The highest BCUT2D eigenvalue weighted by Crippen LogP contribution is 2.30. The molecule has 0 saturated heterocycles. The Morgan fingerprint density at radius 2 is 2.06 bits per heavy atom. The molecule has 0 unspecified atom stereocenters. The summed E-state index contributed by atoms with van der Waals surface area (Å²) in [6.07, 6.45) is 1.09. The predicted octanol–water partition coefficient (Wildman–Crippen LogP) is 3.33. The molecule has 17 heavy (non-hydrogen) atoms. The molecule has 2 rings (SSSR count). The molecule has 0 fully saturated rings. The van der Waals surface area contributed by atoms with E-state index in [-0.39, 0.29) is 0 Å². The molecule has 3 nitrogen and oxygen atoms in total. The largest absolute Gasteiger partial charge is 0.308 e. The quantitative estimate of drug-likeness (QED) is 0.903. The predicted molar refractivity (Wildman–Crippen MR) is 74.6 cm³/mol. The molecule has 2 aromatic rings. The summed E-state index contributed by atoms with van der Waals surface area (Å²) in [7, 11) is 0. The summed E-state index contributed by atoms with van der Waals surface area (Å²) in [5.41, 5.74) is 0. The number of nitrogens with one attached hydrogen (secondary N) is 1. The minimum atomic E-state index is 0.482. The van der Waals surface area contributed by atoms with E-state index in [0.29, 0.717) is 6.04 Å². The van der Waals surface area contributed by atoms with Crippen LogP contribution in [0, 0.1) is 0 Å². The molecule has 0 atom stereocenters. The molecule has 5 heteroatoms. The van der Waals surface area contributed by atoms with Crippen LogP contribution in [-0.2, 0) is 13.0 Å². The van der Waals surface area contributed by atoms with Crippen molar-refractivity contribution >= 4 is 22.7 Å². The lowest BCUT2D eigenvalue weighted by molar-refractivity contribution is 0.585. The van der Waals surface area contributed by atoms with Gasteiger partial charge in [-0.3, -0.25) is 0 Å². The Hall–Kier alpha value is -0.780. The molecule has 2 aromatic heterocycles. The first kappa shape index (κ1) is 12.7. The van der Waals surface area contributed by atoms with Gasteiger partial charge in [-0.05, 0) is 18.6 Å². The van der Waals surface area contributed by atoms with Gasteiger partial charge in [0, 0.05) is 17.5 Å². The van der Waals surface area contributed by atoms with Gasteiger partial charge in [-0.25, -0.2) is 0 Å². The molecule has 92 valence electrons. The highest BCUT2D eigenvalue weighted by atomic mass is 32.1. The second-order valence-corrected chi connectivity index (χ2v) is 6.39. The van der Waals surface area contributed by atoms with Crippen molar-refractivity contribution in [2.24, 2.45) is 0 Å². The van der Waals surface area contributed by atoms with Gasteiger partial charge in [0.25, 0.3) is 0 Å². The van der Waals surface area contributed by atoms with Crippen LogP contribution in [-0.4, -0.2) is 16.2 Å². The average molecular weight is 267 g/mol. The van der Waals surface area contributed by atoms with Crippen LogP contribution < -0.4 is 5.32 Å². The molecule has 0 aliphatic heterocycles. The van der Waals surface area contributed by atoms with Gasteiger partial charge < -0.3 is 5.32 Å². The third-order valence-electron chi connectivity index (χ3n) is 2.35. The average Bonchev–Trinajstić information content (AvgIpc) is 2.94. The third kappa shape index (κ3) is 3.34. The van der Waals surface area contributed by atoms with Gasteiger partial charge in [0.05, 0.1) is 4.88 Å². The van der Waals surface area contributed by atoms with Crippen LogP contribution in [0.25, 0.3) is 9.88 Å². The first-order valence-electron chi connectivity index (χ1n) is 5.84. The molecule has 0 bridgehead atoms. The maximum Gasteiger partial charge on any atom is 0.157 e. The number of aryl methyl sites for hydroxylation is 1. The SMILES string of the molecule is CCc1ccc(-c2nnc(CNC(C)C)s2)s1. The van der Waals surface area contributed by atoms with E-state index in [0.717, 1.165) is 23.0 Å². The van der Waals surface area contributed by atoms with Crippen LogP contribution in [0.15, 0.2) is 12.1 Å².